The van der Waals surface area contributed by atoms with E-state index in [1.54, 1.807) is 12.1 Å². The van der Waals surface area contributed by atoms with Crippen molar-refractivity contribution < 1.29 is 23.0 Å². The number of unbranched alkanes of at least 4 members (excludes halogenated alkanes) is 1. The molecule has 5 heteroatoms. The summed E-state index contributed by atoms with van der Waals surface area (Å²) in [6.45, 7) is 7.62. The normalized spacial score (nSPS) is 27.6. The highest BCUT2D eigenvalue weighted by Gasteiger charge is 2.28. The van der Waals surface area contributed by atoms with Crippen molar-refractivity contribution in [1.82, 2.24) is 0 Å². The standard InChI is InChI=1S/C24H34F2O3/c1-3-5-14-27-21-12-11-20(23(25)24(21)26)19-9-6-18(7-10-19)16-29-22-13-8-17(4-2)15-28-22/h4,11-12,17-19,22H,2-3,5-10,13-16H2,1H3. The number of hydrogen-bond acceptors (Lipinski definition) is 3. The van der Waals surface area contributed by atoms with E-state index in [0.717, 1.165) is 51.4 Å². The zero-order valence-electron chi connectivity index (χ0n) is 17.5. The molecule has 0 amide bonds. The molecule has 1 saturated carbocycles. The topological polar surface area (TPSA) is 27.7 Å². The van der Waals surface area contributed by atoms with Crippen molar-refractivity contribution in [2.75, 3.05) is 19.8 Å². The summed E-state index contributed by atoms with van der Waals surface area (Å²) in [5, 5.41) is 0. The van der Waals surface area contributed by atoms with Gasteiger partial charge in [0.15, 0.2) is 17.9 Å². The lowest BCUT2D eigenvalue weighted by atomic mass is 9.79. The maximum absolute atomic E-state index is 14.6. The molecule has 0 radical (unpaired) electrons. The fourth-order valence-electron chi connectivity index (χ4n) is 4.25. The van der Waals surface area contributed by atoms with E-state index in [-0.39, 0.29) is 18.0 Å². The van der Waals surface area contributed by atoms with Crippen molar-refractivity contribution in [3.8, 4) is 5.75 Å². The molecule has 162 valence electrons. The van der Waals surface area contributed by atoms with Gasteiger partial charge in [-0.05, 0) is 68.4 Å². The zero-order valence-corrected chi connectivity index (χ0v) is 17.5. The molecule has 1 aliphatic heterocycles. The monoisotopic (exact) mass is 408 g/mol. The highest BCUT2D eigenvalue weighted by Crippen LogP contribution is 2.39. The minimum Gasteiger partial charge on any atom is -0.490 e. The minimum absolute atomic E-state index is 0.0213. The van der Waals surface area contributed by atoms with Gasteiger partial charge in [0.25, 0.3) is 0 Å². The lowest BCUT2D eigenvalue weighted by Crippen LogP contribution is -2.29. The van der Waals surface area contributed by atoms with E-state index in [2.05, 4.69) is 6.58 Å². The van der Waals surface area contributed by atoms with E-state index in [9.17, 15) is 8.78 Å². The Hall–Kier alpha value is -1.46. The predicted molar refractivity (Wildman–Crippen MR) is 110 cm³/mol. The van der Waals surface area contributed by atoms with Crippen molar-refractivity contribution in [1.29, 1.82) is 0 Å². The van der Waals surface area contributed by atoms with Crippen LogP contribution in [0.15, 0.2) is 24.8 Å². The maximum atomic E-state index is 14.6. The molecule has 1 saturated heterocycles. The van der Waals surface area contributed by atoms with E-state index in [0.29, 0.717) is 37.2 Å². The Morgan fingerprint density at radius 1 is 1.10 bits per heavy atom. The van der Waals surface area contributed by atoms with Crippen molar-refractivity contribution >= 4 is 0 Å². The van der Waals surface area contributed by atoms with Crippen LogP contribution in [0.3, 0.4) is 0 Å². The molecular weight excluding hydrogens is 374 g/mol. The number of halogens is 2. The number of benzene rings is 1. The Morgan fingerprint density at radius 3 is 2.55 bits per heavy atom. The molecule has 2 fully saturated rings. The Labute approximate surface area is 173 Å². The van der Waals surface area contributed by atoms with Crippen LogP contribution in [0.25, 0.3) is 0 Å². The molecule has 2 aliphatic rings. The lowest BCUT2D eigenvalue weighted by Gasteiger charge is -2.32. The van der Waals surface area contributed by atoms with Crippen molar-refractivity contribution in [2.45, 2.75) is 70.5 Å². The molecule has 3 nitrogen and oxygen atoms in total. The average molecular weight is 409 g/mol. The summed E-state index contributed by atoms with van der Waals surface area (Å²) in [6, 6.07) is 3.28. The SMILES string of the molecule is C=CC1CCC(OCC2CCC(c3ccc(OCCCC)c(F)c3F)CC2)OC1. The third-order valence-electron chi connectivity index (χ3n) is 6.24. The largest absolute Gasteiger partial charge is 0.490 e. The average Bonchev–Trinajstić information content (AvgIpc) is 2.76. The third kappa shape index (κ3) is 6.02. The van der Waals surface area contributed by atoms with E-state index in [1.807, 2.05) is 13.0 Å². The summed E-state index contributed by atoms with van der Waals surface area (Å²) in [6.07, 6.45) is 9.21. The molecule has 1 heterocycles. The van der Waals surface area contributed by atoms with Crippen LogP contribution in [0.1, 0.15) is 69.8 Å². The molecule has 0 N–H and O–H groups in total. The smallest absolute Gasteiger partial charge is 0.200 e. The molecule has 0 spiro atoms. The summed E-state index contributed by atoms with van der Waals surface area (Å²) in [5.74, 6) is -0.624. The van der Waals surface area contributed by atoms with E-state index in [4.69, 9.17) is 14.2 Å². The second kappa shape index (κ2) is 11.1. The van der Waals surface area contributed by atoms with Gasteiger partial charge in [0.2, 0.25) is 5.82 Å². The summed E-state index contributed by atoms with van der Waals surface area (Å²) in [7, 11) is 0. The third-order valence-corrected chi connectivity index (χ3v) is 6.24. The van der Waals surface area contributed by atoms with Crippen LogP contribution in [0.4, 0.5) is 8.78 Å². The van der Waals surface area contributed by atoms with Gasteiger partial charge < -0.3 is 14.2 Å². The first kappa shape index (κ1) is 22.2. The Bertz CT molecular complexity index is 648. The molecule has 1 aromatic carbocycles. The van der Waals surface area contributed by atoms with Crippen molar-refractivity contribution in [3.05, 3.63) is 42.0 Å². The highest BCUT2D eigenvalue weighted by molar-refractivity contribution is 5.33. The molecular formula is C24H34F2O3. The van der Waals surface area contributed by atoms with Gasteiger partial charge in [0, 0.05) is 5.92 Å². The van der Waals surface area contributed by atoms with E-state index in [1.165, 1.54) is 0 Å². The van der Waals surface area contributed by atoms with Gasteiger partial charge >= 0.3 is 0 Å². The van der Waals surface area contributed by atoms with Gasteiger partial charge in [-0.2, -0.15) is 4.39 Å². The van der Waals surface area contributed by atoms with Crippen LogP contribution < -0.4 is 4.74 Å². The Kier molecular flexibility index (Phi) is 8.49. The van der Waals surface area contributed by atoms with Gasteiger partial charge in [-0.15, -0.1) is 6.58 Å². The second-order valence-corrected chi connectivity index (χ2v) is 8.37. The fraction of sp³-hybridized carbons (Fsp3) is 0.667. The molecule has 29 heavy (non-hydrogen) atoms. The molecule has 1 aromatic rings. The highest BCUT2D eigenvalue weighted by atomic mass is 19.2. The first-order chi connectivity index (χ1) is 14.1. The van der Waals surface area contributed by atoms with Gasteiger partial charge in [0.1, 0.15) is 0 Å². The zero-order chi connectivity index (χ0) is 20.6. The first-order valence-electron chi connectivity index (χ1n) is 11.1. The quantitative estimate of drug-likeness (QED) is 0.351. The maximum Gasteiger partial charge on any atom is 0.200 e. The minimum atomic E-state index is -0.851. The number of hydrogen-bond donors (Lipinski definition) is 0. The Morgan fingerprint density at radius 2 is 1.90 bits per heavy atom. The Balaban J connectivity index is 1.45. The molecule has 2 unspecified atom stereocenters. The van der Waals surface area contributed by atoms with Crippen LogP contribution in [0.2, 0.25) is 0 Å². The van der Waals surface area contributed by atoms with Gasteiger partial charge in [-0.3, -0.25) is 0 Å². The molecule has 0 aromatic heterocycles. The first-order valence-corrected chi connectivity index (χ1v) is 11.1. The van der Waals surface area contributed by atoms with Crippen LogP contribution >= 0.6 is 0 Å². The summed E-state index contributed by atoms with van der Waals surface area (Å²) in [5.41, 5.74) is 0.482. The number of rotatable bonds is 9. The van der Waals surface area contributed by atoms with Gasteiger partial charge in [0.05, 0.1) is 19.8 Å². The van der Waals surface area contributed by atoms with Crippen LogP contribution in [0.5, 0.6) is 5.75 Å². The molecule has 1 aliphatic carbocycles. The summed E-state index contributed by atoms with van der Waals surface area (Å²) >= 11 is 0. The molecule has 2 atom stereocenters. The lowest BCUT2D eigenvalue weighted by molar-refractivity contribution is -0.178. The molecule has 3 rings (SSSR count). The van der Waals surface area contributed by atoms with E-state index < -0.39 is 11.6 Å². The van der Waals surface area contributed by atoms with Crippen LogP contribution in [-0.4, -0.2) is 26.1 Å². The summed E-state index contributed by atoms with van der Waals surface area (Å²) in [4.78, 5) is 0. The van der Waals surface area contributed by atoms with Crippen molar-refractivity contribution in [2.24, 2.45) is 11.8 Å². The second-order valence-electron chi connectivity index (χ2n) is 8.37. The predicted octanol–water partition coefficient (Wildman–Crippen LogP) is 6.37. The van der Waals surface area contributed by atoms with Gasteiger partial charge in [-0.25, -0.2) is 4.39 Å². The fourth-order valence-corrected chi connectivity index (χ4v) is 4.25. The van der Waals surface area contributed by atoms with E-state index >= 15 is 0 Å². The molecule has 0 bridgehead atoms. The van der Waals surface area contributed by atoms with Crippen LogP contribution in [-0.2, 0) is 9.47 Å². The summed E-state index contributed by atoms with van der Waals surface area (Å²) < 4.78 is 46.0. The van der Waals surface area contributed by atoms with Crippen LogP contribution in [0, 0.1) is 23.5 Å². The number of ether oxygens (including phenoxy) is 3. The van der Waals surface area contributed by atoms with Gasteiger partial charge in [-0.1, -0.05) is 25.5 Å². The van der Waals surface area contributed by atoms with Crippen molar-refractivity contribution in [3.63, 3.8) is 0 Å².